The summed E-state index contributed by atoms with van der Waals surface area (Å²) in [6.45, 7) is 1.87. The Bertz CT molecular complexity index is 1470. The van der Waals surface area contributed by atoms with Gasteiger partial charge >= 0.3 is 5.97 Å². The minimum absolute atomic E-state index is 0.106. The summed E-state index contributed by atoms with van der Waals surface area (Å²) >= 11 is 0. The highest BCUT2D eigenvalue weighted by molar-refractivity contribution is 7.89. The number of esters is 1. The lowest BCUT2D eigenvalue weighted by atomic mass is 10.0. The van der Waals surface area contributed by atoms with Crippen LogP contribution in [0, 0.1) is 6.92 Å². The molecule has 0 atom stereocenters. The van der Waals surface area contributed by atoms with Gasteiger partial charge < -0.3 is 9.47 Å². The Balaban J connectivity index is 1.55. The van der Waals surface area contributed by atoms with Gasteiger partial charge in [0.2, 0.25) is 0 Å². The first-order valence-electron chi connectivity index (χ1n) is 10.4. The fraction of sp³-hybridized carbons (Fsp3) is 0.0769. The predicted molar refractivity (Wildman–Crippen MR) is 131 cm³/mol. The van der Waals surface area contributed by atoms with Gasteiger partial charge in [-0.3, -0.25) is 0 Å². The maximum Gasteiger partial charge on any atom is 0.344 e. The monoisotopic (exact) mass is 474 g/mol. The van der Waals surface area contributed by atoms with E-state index in [2.05, 4.69) is 9.93 Å². The van der Waals surface area contributed by atoms with Crippen molar-refractivity contribution in [2.75, 3.05) is 7.11 Å². The molecule has 1 N–H and O–H groups in total. The number of carbonyl (C=O) groups is 1. The number of methoxy groups -OCH3 is 1. The summed E-state index contributed by atoms with van der Waals surface area (Å²) in [7, 11) is -2.34. The van der Waals surface area contributed by atoms with E-state index in [1.54, 1.807) is 42.5 Å². The van der Waals surface area contributed by atoms with Crippen molar-refractivity contribution in [3.8, 4) is 11.5 Å². The number of rotatable bonds is 7. The van der Waals surface area contributed by atoms with E-state index in [1.807, 2.05) is 37.3 Å². The van der Waals surface area contributed by atoms with E-state index in [0.717, 1.165) is 16.3 Å². The molecule has 0 aliphatic carbocycles. The smallest absolute Gasteiger partial charge is 0.344 e. The SMILES string of the molecule is COc1ccc(C=NNS(=O)(=O)c2ccc(C)cc2)cc1OC(=O)c1cccc2ccccc12. The van der Waals surface area contributed by atoms with Crippen LogP contribution in [0.3, 0.4) is 0 Å². The topological polar surface area (TPSA) is 94.1 Å². The lowest BCUT2D eigenvalue weighted by Gasteiger charge is -2.11. The van der Waals surface area contributed by atoms with Crippen LogP contribution < -0.4 is 14.3 Å². The fourth-order valence-corrected chi connectivity index (χ4v) is 4.14. The molecule has 4 rings (SSSR count). The van der Waals surface area contributed by atoms with Gasteiger partial charge in [0, 0.05) is 0 Å². The van der Waals surface area contributed by atoms with Gasteiger partial charge in [-0.25, -0.2) is 9.63 Å². The molecule has 0 saturated heterocycles. The van der Waals surface area contributed by atoms with E-state index < -0.39 is 16.0 Å². The predicted octanol–water partition coefficient (Wildman–Crippen LogP) is 4.69. The number of hydrazone groups is 1. The summed E-state index contributed by atoms with van der Waals surface area (Å²) in [6, 6.07) is 24.2. The lowest BCUT2D eigenvalue weighted by molar-refractivity contribution is 0.0732. The van der Waals surface area contributed by atoms with Crippen LogP contribution in [0.4, 0.5) is 0 Å². The van der Waals surface area contributed by atoms with Crippen LogP contribution in [0.1, 0.15) is 21.5 Å². The molecule has 0 saturated carbocycles. The number of hydrogen-bond donors (Lipinski definition) is 1. The summed E-state index contributed by atoms with van der Waals surface area (Å²) in [5, 5.41) is 5.54. The van der Waals surface area contributed by atoms with Crippen molar-refractivity contribution in [3.63, 3.8) is 0 Å². The van der Waals surface area contributed by atoms with E-state index in [-0.39, 0.29) is 10.6 Å². The Kier molecular flexibility index (Phi) is 6.60. The molecule has 0 bridgehead atoms. The van der Waals surface area contributed by atoms with E-state index >= 15 is 0 Å². The first kappa shape index (κ1) is 23.0. The van der Waals surface area contributed by atoms with Gasteiger partial charge in [0.15, 0.2) is 11.5 Å². The number of ether oxygens (including phenoxy) is 2. The van der Waals surface area contributed by atoms with Crippen molar-refractivity contribution in [3.05, 3.63) is 102 Å². The molecule has 4 aromatic rings. The van der Waals surface area contributed by atoms with Crippen molar-refractivity contribution < 1.29 is 22.7 Å². The number of hydrogen-bond acceptors (Lipinski definition) is 6. The number of nitrogens with zero attached hydrogens (tertiary/aromatic N) is 1. The summed E-state index contributed by atoms with van der Waals surface area (Å²) < 4.78 is 35.7. The third-order valence-corrected chi connectivity index (χ3v) is 6.36. The summed E-state index contributed by atoms with van der Waals surface area (Å²) in [6.07, 6.45) is 1.32. The Labute approximate surface area is 197 Å². The lowest BCUT2D eigenvalue weighted by Crippen LogP contribution is -2.18. The van der Waals surface area contributed by atoms with Crippen LogP contribution in [-0.4, -0.2) is 27.7 Å². The van der Waals surface area contributed by atoms with Crippen LogP contribution >= 0.6 is 0 Å². The molecule has 8 heteroatoms. The molecular weight excluding hydrogens is 452 g/mol. The molecule has 0 unspecified atom stereocenters. The summed E-state index contributed by atoms with van der Waals surface area (Å²) in [4.78, 5) is 15.2. The fourth-order valence-electron chi connectivity index (χ4n) is 3.35. The highest BCUT2D eigenvalue weighted by atomic mass is 32.2. The number of benzene rings is 4. The molecule has 0 fully saturated rings. The second-order valence-electron chi connectivity index (χ2n) is 7.49. The third kappa shape index (κ3) is 5.07. The van der Waals surface area contributed by atoms with E-state index in [0.29, 0.717) is 16.9 Å². The maximum atomic E-state index is 12.9. The normalized spacial score (nSPS) is 11.5. The van der Waals surface area contributed by atoms with Gasteiger partial charge in [-0.05, 0) is 59.7 Å². The summed E-state index contributed by atoms with van der Waals surface area (Å²) in [5.41, 5.74) is 1.88. The highest BCUT2D eigenvalue weighted by Gasteiger charge is 2.16. The number of sulfonamides is 1. The average Bonchev–Trinajstić information content (AvgIpc) is 2.84. The van der Waals surface area contributed by atoms with Crippen LogP contribution in [-0.2, 0) is 10.0 Å². The van der Waals surface area contributed by atoms with Crippen molar-refractivity contribution >= 4 is 33.0 Å². The molecular formula is C26H22N2O5S. The van der Waals surface area contributed by atoms with Crippen LogP contribution in [0.25, 0.3) is 10.8 Å². The van der Waals surface area contributed by atoms with E-state index in [1.165, 1.54) is 25.5 Å². The van der Waals surface area contributed by atoms with Gasteiger partial charge in [-0.15, -0.1) is 0 Å². The van der Waals surface area contributed by atoms with E-state index in [4.69, 9.17) is 9.47 Å². The zero-order chi connectivity index (χ0) is 24.1. The molecule has 34 heavy (non-hydrogen) atoms. The largest absolute Gasteiger partial charge is 0.493 e. The van der Waals surface area contributed by atoms with Gasteiger partial charge in [0.05, 0.1) is 23.8 Å². The first-order chi connectivity index (χ1) is 16.4. The molecule has 0 aliphatic heterocycles. The number of carbonyl (C=O) groups excluding carboxylic acids is 1. The first-order valence-corrected chi connectivity index (χ1v) is 11.9. The molecule has 172 valence electrons. The van der Waals surface area contributed by atoms with Crippen molar-refractivity contribution in [2.45, 2.75) is 11.8 Å². The van der Waals surface area contributed by atoms with E-state index in [9.17, 15) is 13.2 Å². The maximum absolute atomic E-state index is 12.9. The Morgan fingerprint density at radius 1 is 0.912 bits per heavy atom. The number of nitrogens with one attached hydrogen (secondary N) is 1. The minimum Gasteiger partial charge on any atom is -0.493 e. The van der Waals surface area contributed by atoms with Crippen LogP contribution in [0.15, 0.2) is 94.9 Å². The zero-order valence-corrected chi connectivity index (χ0v) is 19.4. The summed E-state index contributed by atoms with van der Waals surface area (Å²) in [5.74, 6) is 0.000936. The molecule has 0 aromatic heterocycles. The van der Waals surface area contributed by atoms with Gasteiger partial charge in [0.1, 0.15) is 0 Å². The molecule has 0 aliphatic rings. The van der Waals surface area contributed by atoms with Gasteiger partial charge in [-0.2, -0.15) is 13.5 Å². The molecule has 7 nitrogen and oxygen atoms in total. The molecule has 4 aromatic carbocycles. The average molecular weight is 475 g/mol. The molecule has 0 radical (unpaired) electrons. The molecule has 0 spiro atoms. The second-order valence-corrected chi connectivity index (χ2v) is 9.15. The van der Waals surface area contributed by atoms with Crippen molar-refractivity contribution in [1.29, 1.82) is 0 Å². The van der Waals surface area contributed by atoms with Crippen LogP contribution in [0.2, 0.25) is 0 Å². The Hall–Kier alpha value is -4.17. The van der Waals surface area contributed by atoms with Crippen LogP contribution in [0.5, 0.6) is 11.5 Å². The second kappa shape index (κ2) is 9.76. The van der Waals surface area contributed by atoms with Gasteiger partial charge in [0.25, 0.3) is 10.0 Å². The number of fused-ring (bicyclic) bond motifs is 1. The van der Waals surface area contributed by atoms with Crippen molar-refractivity contribution in [2.24, 2.45) is 5.10 Å². The Morgan fingerprint density at radius 2 is 1.65 bits per heavy atom. The van der Waals surface area contributed by atoms with Gasteiger partial charge in [-0.1, -0.05) is 54.1 Å². The molecule has 0 amide bonds. The third-order valence-electron chi connectivity index (χ3n) is 5.12. The Morgan fingerprint density at radius 3 is 2.41 bits per heavy atom. The molecule has 0 heterocycles. The van der Waals surface area contributed by atoms with Crippen molar-refractivity contribution in [1.82, 2.24) is 4.83 Å². The quantitative estimate of drug-likeness (QED) is 0.182. The zero-order valence-electron chi connectivity index (χ0n) is 18.6. The number of aryl methyl sites for hydroxylation is 1. The minimum atomic E-state index is -3.80. The standard InChI is InChI=1S/C26H22N2O5S/c1-18-10-13-21(14-11-18)34(30,31)28-27-17-19-12-15-24(32-2)25(16-19)33-26(29)23-9-5-7-20-6-3-4-8-22(20)23/h3-17,28H,1-2H3. The highest BCUT2D eigenvalue weighted by Crippen LogP contribution is 2.29.